The number of nitrogens with zero attached hydrogens (tertiary/aromatic N) is 2. The van der Waals surface area contributed by atoms with Gasteiger partial charge in [0.15, 0.2) is 0 Å². The molecule has 1 atom stereocenters. The summed E-state index contributed by atoms with van der Waals surface area (Å²) in [7, 11) is 1.87. The van der Waals surface area contributed by atoms with E-state index in [-0.39, 0.29) is 24.3 Å². The van der Waals surface area contributed by atoms with E-state index >= 15 is 0 Å². The van der Waals surface area contributed by atoms with E-state index in [1.54, 1.807) is 35.1 Å². The molecule has 6 heteroatoms. The predicted octanol–water partition coefficient (Wildman–Crippen LogP) is 2.07. The number of ether oxygens (including phenoxy) is 1. The maximum absolute atomic E-state index is 12.2. The molecule has 1 unspecified atom stereocenters. The molecule has 1 aromatic heterocycles. The van der Waals surface area contributed by atoms with Crippen molar-refractivity contribution in [1.29, 1.82) is 0 Å². The number of esters is 1. The number of aromatic nitrogens is 2. The number of rotatable bonds is 5. The molecule has 1 aromatic carbocycles. The number of carbonyl (C=O) groups is 2. The number of carbonyl (C=O) groups excluding carboxylic acids is 2. The first-order chi connectivity index (χ1) is 10.9. The average molecular weight is 315 g/mol. The highest BCUT2D eigenvalue weighted by atomic mass is 16.5. The van der Waals surface area contributed by atoms with Crippen molar-refractivity contribution in [2.45, 2.75) is 33.2 Å². The second kappa shape index (κ2) is 7.09. The van der Waals surface area contributed by atoms with Gasteiger partial charge in [0, 0.05) is 25.2 Å². The molecule has 1 heterocycles. The molecule has 0 aliphatic carbocycles. The van der Waals surface area contributed by atoms with Gasteiger partial charge in [0.2, 0.25) is 5.91 Å². The van der Waals surface area contributed by atoms with Crippen molar-refractivity contribution in [3.05, 3.63) is 47.3 Å². The highest BCUT2D eigenvalue weighted by Gasteiger charge is 2.14. The van der Waals surface area contributed by atoms with E-state index in [9.17, 15) is 9.59 Å². The molecule has 2 rings (SSSR count). The van der Waals surface area contributed by atoms with Gasteiger partial charge in [0.1, 0.15) is 5.75 Å². The number of aryl methyl sites for hydroxylation is 1. The maximum atomic E-state index is 12.2. The van der Waals surface area contributed by atoms with Crippen LogP contribution in [0, 0.1) is 6.92 Å². The van der Waals surface area contributed by atoms with Gasteiger partial charge in [-0.2, -0.15) is 5.10 Å². The van der Waals surface area contributed by atoms with Crippen molar-refractivity contribution < 1.29 is 14.3 Å². The van der Waals surface area contributed by atoms with Gasteiger partial charge < -0.3 is 10.1 Å². The Morgan fingerprint density at radius 2 is 1.96 bits per heavy atom. The van der Waals surface area contributed by atoms with Crippen LogP contribution in [-0.2, 0) is 23.1 Å². The molecule has 23 heavy (non-hydrogen) atoms. The second-order valence-corrected chi connectivity index (χ2v) is 5.51. The molecule has 0 bridgehead atoms. The Balaban J connectivity index is 1.94. The van der Waals surface area contributed by atoms with Gasteiger partial charge in [0.25, 0.3) is 0 Å². The summed E-state index contributed by atoms with van der Waals surface area (Å²) in [5.74, 6) is 0.0400. The van der Waals surface area contributed by atoms with Crippen LogP contribution in [-0.4, -0.2) is 21.7 Å². The van der Waals surface area contributed by atoms with E-state index < -0.39 is 0 Å². The minimum atomic E-state index is -0.365. The lowest BCUT2D eigenvalue weighted by Crippen LogP contribution is -2.28. The quantitative estimate of drug-likeness (QED) is 0.677. The van der Waals surface area contributed by atoms with Gasteiger partial charge in [0.05, 0.1) is 18.7 Å². The zero-order valence-corrected chi connectivity index (χ0v) is 13.8. The Kier molecular flexibility index (Phi) is 5.16. The third-order valence-electron chi connectivity index (χ3n) is 3.67. The topological polar surface area (TPSA) is 73.2 Å². The summed E-state index contributed by atoms with van der Waals surface area (Å²) in [4.78, 5) is 23.0. The van der Waals surface area contributed by atoms with Crippen LogP contribution in [0.3, 0.4) is 0 Å². The lowest BCUT2D eigenvalue weighted by molar-refractivity contribution is -0.131. The van der Waals surface area contributed by atoms with Gasteiger partial charge >= 0.3 is 5.97 Å². The Hall–Kier alpha value is -2.63. The first kappa shape index (κ1) is 16.7. The van der Waals surface area contributed by atoms with E-state index in [2.05, 4.69) is 10.4 Å². The highest BCUT2D eigenvalue weighted by molar-refractivity contribution is 5.79. The van der Waals surface area contributed by atoms with Crippen molar-refractivity contribution in [3.63, 3.8) is 0 Å². The number of amides is 1. The van der Waals surface area contributed by atoms with Gasteiger partial charge in [-0.1, -0.05) is 12.1 Å². The van der Waals surface area contributed by atoms with Gasteiger partial charge in [-0.05, 0) is 31.5 Å². The van der Waals surface area contributed by atoms with Crippen molar-refractivity contribution in [3.8, 4) is 5.75 Å². The largest absolute Gasteiger partial charge is 0.427 e. The summed E-state index contributed by atoms with van der Waals surface area (Å²) < 4.78 is 6.75. The van der Waals surface area contributed by atoms with Crippen LogP contribution in [0.15, 0.2) is 30.5 Å². The summed E-state index contributed by atoms with van der Waals surface area (Å²) >= 11 is 0. The molecule has 0 saturated carbocycles. The lowest BCUT2D eigenvalue weighted by atomic mass is 10.1. The zero-order chi connectivity index (χ0) is 17.0. The van der Waals surface area contributed by atoms with E-state index in [0.717, 1.165) is 16.8 Å². The molecule has 0 saturated heterocycles. The van der Waals surface area contributed by atoms with Crippen LogP contribution in [0.4, 0.5) is 0 Å². The van der Waals surface area contributed by atoms with Crippen LogP contribution in [0.5, 0.6) is 5.75 Å². The third kappa shape index (κ3) is 4.42. The molecule has 0 spiro atoms. The first-order valence-electron chi connectivity index (χ1n) is 7.42. The fourth-order valence-corrected chi connectivity index (χ4v) is 2.34. The van der Waals surface area contributed by atoms with E-state index in [4.69, 9.17) is 4.74 Å². The van der Waals surface area contributed by atoms with E-state index in [0.29, 0.717) is 5.75 Å². The van der Waals surface area contributed by atoms with Crippen molar-refractivity contribution in [1.82, 2.24) is 15.1 Å². The summed E-state index contributed by atoms with van der Waals surface area (Å²) in [5, 5.41) is 7.15. The van der Waals surface area contributed by atoms with Crippen LogP contribution in [0.2, 0.25) is 0 Å². The fourth-order valence-electron chi connectivity index (χ4n) is 2.34. The molecule has 0 fully saturated rings. The second-order valence-electron chi connectivity index (χ2n) is 5.51. The smallest absolute Gasteiger partial charge is 0.308 e. The molecule has 122 valence electrons. The third-order valence-corrected chi connectivity index (χ3v) is 3.67. The average Bonchev–Trinajstić information content (AvgIpc) is 2.80. The monoisotopic (exact) mass is 315 g/mol. The molecule has 0 aliphatic heterocycles. The lowest BCUT2D eigenvalue weighted by Gasteiger charge is -2.14. The summed E-state index contributed by atoms with van der Waals surface area (Å²) in [6.45, 7) is 5.26. The van der Waals surface area contributed by atoms with E-state index in [1.165, 1.54) is 6.92 Å². The fraction of sp³-hybridized carbons (Fsp3) is 0.353. The number of hydrogen-bond donors (Lipinski definition) is 1. The van der Waals surface area contributed by atoms with Gasteiger partial charge in [-0.25, -0.2) is 0 Å². The minimum absolute atomic E-state index is 0.0685. The van der Waals surface area contributed by atoms with Crippen LogP contribution in [0.1, 0.15) is 36.7 Å². The normalized spacial score (nSPS) is 11.8. The van der Waals surface area contributed by atoms with Crippen molar-refractivity contribution >= 4 is 11.9 Å². The maximum Gasteiger partial charge on any atom is 0.308 e. The SMILES string of the molecule is CC(=O)Oc1ccc(CC(=O)NC(C)c2cnn(C)c2C)cc1. The molecule has 1 amide bonds. The molecular formula is C17H21N3O3. The van der Waals surface area contributed by atoms with Crippen LogP contribution < -0.4 is 10.1 Å². The molecule has 0 aliphatic rings. The Labute approximate surface area is 135 Å². The Morgan fingerprint density at radius 3 is 2.48 bits per heavy atom. The minimum Gasteiger partial charge on any atom is -0.427 e. The first-order valence-corrected chi connectivity index (χ1v) is 7.42. The summed E-state index contributed by atoms with van der Waals surface area (Å²) in [6, 6.07) is 6.81. The van der Waals surface area contributed by atoms with Crippen LogP contribution in [0.25, 0.3) is 0 Å². The summed E-state index contributed by atoms with van der Waals surface area (Å²) in [6.07, 6.45) is 2.04. The Bertz CT molecular complexity index is 704. The highest BCUT2D eigenvalue weighted by Crippen LogP contribution is 2.17. The zero-order valence-electron chi connectivity index (χ0n) is 13.8. The van der Waals surface area contributed by atoms with E-state index in [1.807, 2.05) is 20.9 Å². The molecular weight excluding hydrogens is 294 g/mol. The number of nitrogens with one attached hydrogen (secondary N) is 1. The van der Waals surface area contributed by atoms with Crippen LogP contribution >= 0.6 is 0 Å². The van der Waals surface area contributed by atoms with Crippen molar-refractivity contribution in [2.24, 2.45) is 7.05 Å². The molecule has 6 nitrogen and oxygen atoms in total. The Morgan fingerprint density at radius 1 is 1.30 bits per heavy atom. The molecule has 0 radical (unpaired) electrons. The predicted molar refractivity (Wildman–Crippen MR) is 86.0 cm³/mol. The van der Waals surface area contributed by atoms with Crippen molar-refractivity contribution in [2.75, 3.05) is 0 Å². The number of hydrogen-bond acceptors (Lipinski definition) is 4. The van der Waals surface area contributed by atoms with Gasteiger partial charge in [-0.3, -0.25) is 14.3 Å². The molecule has 1 N–H and O–H groups in total. The number of benzene rings is 1. The summed E-state index contributed by atoms with van der Waals surface area (Å²) in [5.41, 5.74) is 2.89. The van der Waals surface area contributed by atoms with Gasteiger partial charge in [-0.15, -0.1) is 0 Å². The standard InChI is InChI=1S/C17H21N3O3/c1-11(16-10-18-20(4)12(16)2)19-17(22)9-14-5-7-15(8-6-14)23-13(3)21/h5-8,10-11H,9H2,1-4H3,(H,19,22). The molecule has 2 aromatic rings.